The molecule has 2 N–H and O–H groups in total. The third-order valence-electron chi connectivity index (χ3n) is 5.54. The topological polar surface area (TPSA) is 62.3 Å². The van der Waals surface area contributed by atoms with E-state index in [0.29, 0.717) is 12.5 Å². The molecule has 5 nitrogen and oxygen atoms in total. The molecule has 1 aromatic heterocycles. The van der Waals surface area contributed by atoms with Crippen LogP contribution in [0.15, 0.2) is 83.5 Å². The number of nitrogens with zero attached hydrogens (tertiary/aromatic N) is 2. The van der Waals surface area contributed by atoms with Gasteiger partial charge in [-0.25, -0.2) is 4.98 Å². The van der Waals surface area contributed by atoms with Crippen LogP contribution in [0.5, 0.6) is 11.5 Å². The molecule has 0 spiro atoms. The lowest BCUT2D eigenvalue weighted by Gasteiger charge is -2.16. The number of rotatable bonds is 8. The van der Waals surface area contributed by atoms with Crippen LogP contribution in [0.3, 0.4) is 0 Å². The van der Waals surface area contributed by atoms with Gasteiger partial charge < -0.3 is 19.8 Å². The maximum absolute atomic E-state index is 6.33. The van der Waals surface area contributed by atoms with Gasteiger partial charge in [0.1, 0.15) is 11.5 Å². The Morgan fingerprint density at radius 3 is 2.31 bits per heavy atom. The number of aromatic nitrogens is 2. The van der Waals surface area contributed by atoms with E-state index >= 15 is 0 Å². The van der Waals surface area contributed by atoms with Gasteiger partial charge in [-0.05, 0) is 59.5 Å². The fourth-order valence-electron chi connectivity index (χ4n) is 3.80. The van der Waals surface area contributed by atoms with E-state index in [1.807, 2.05) is 34.9 Å². The predicted molar refractivity (Wildman–Crippen MR) is 131 cm³/mol. The quantitative estimate of drug-likeness (QED) is 0.345. The lowest BCUT2D eigenvalue weighted by atomic mass is 9.89. The molecule has 6 heteroatoms. The highest BCUT2D eigenvalue weighted by atomic mass is 79.9. The molecular weight excluding hydrogens is 466 g/mol. The molecule has 0 aliphatic heterocycles. The van der Waals surface area contributed by atoms with E-state index in [9.17, 15) is 0 Å². The molecule has 0 amide bonds. The van der Waals surface area contributed by atoms with E-state index in [1.54, 1.807) is 14.2 Å². The maximum Gasteiger partial charge on any atom is 0.200 e. The zero-order valence-electron chi connectivity index (χ0n) is 18.2. The highest BCUT2D eigenvalue weighted by Gasteiger charge is 2.20. The van der Waals surface area contributed by atoms with Crippen molar-refractivity contribution in [1.82, 2.24) is 9.55 Å². The number of benzene rings is 3. The monoisotopic (exact) mass is 491 g/mol. The van der Waals surface area contributed by atoms with E-state index in [1.165, 1.54) is 11.1 Å². The fraction of sp³-hybridized carbons (Fsp3) is 0.192. The van der Waals surface area contributed by atoms with Crippen molar-refractivity contribution < 1.29 is 9.47 Å². The van der Waals surface area contributed by atoms with Crippen LogP contribution in [0, 0.1) is 0 Å². The Labute approximate surface area is 197 Å². The van der Waals surface area contributed by atoms with Crippen molar-refractivity contribution in [1.29, 1.82) is 0 Å². The molecule has 4 rings (SSSR count). The number of ether oxygens (including phenoxy) is 2. The van der Waals surface area contributed by atoms with E-state index in [2.05, 4.69) is 64.6 Å². The zero-order chi connectivity index (χ0) is 22.5. The molecule has 0 saturated heterocycles. The molecule has 4 aromatic rings. The smallest absolute Gasteiger partial charge is 0.200 e. The van der Waals surface area contributed by atoms with Crippen LogP contribution in [-0.4, -0.2) is 23.8 Å². The first kappa shape index (κ1) is 22.0. The van der Waals surface area contributed by atoms with Gasteiger partial charge in [0.2, 0.25) is 5.95 Å². The van der Waals surface area contributed by atoms with Crippen LogP contribution < -0.4 is 15.2 Å². The Hall–Kier alpha value is -3.25. The van der Waals surface area contributed by atoms with Crippen LogP contribution in [-0.2, 0) is 13.0 Å². The van der Waals surface area contributed by atoms with Gasteiger partial charge in [0.25, 0.3) is 0 Å². The van der Waals surface area contributed by atoms with Crippen LogP contribution in [0.4, 0.5) is 5.95 Å². The second kappa shape index (κ2) is 9.92. The van der Waals surface area contributed by atoms with Gasteiger partial charge >= 0.3 is 0 Å². The van der Waals surface area contributed by atoms with Crippen molar-refractivity contribution in [2.24, 2.45) is 0 Å². The Morgan fingerprint density at radius 1 is 0.906 bits per heavy atom. The highest BCUT2D eigenvalue weighted by molar-refractivity contribution is 9.10. The molecule has 164 valence electrons. The molecular formula is C26H26BrN3O2. The Balaban J connectivity index is 1.66. The van der Waals surface area contributed by atoms with Gasteiger partial charge in [0.05, 0.1) is 26.5 Å². The van der Waals surface area contributed by atoms with Crippen molar-refractivity contribution in [3.63, 3.8) is 0 Å². The lowest BCUT2D eigenvalue weighted by molar-refractivity contribution is 0.414. The molecule has 1 unspecified atom stereocenters. The molecule has 1 heterocycles. The summed E-state index contributed by atoms with van der Waals surface area (Å²) in [5.41, 5.74) is 10.8. The van der Waals surface area contributed by atoms with Crippen molar-refractivity contribution in [3.8, 4) is 11.5 Å². The standard InChI is InChI=1S/C26H26BrN3O2/c1-31-22-12-8-20(9-13-22)24(15-18-6-10-21(27)11-7-18)25-17-30(26(28)29-25)16-19-4-3-5-23(14-19)32-2/h3-14,17,24H,15-16H2,1-2H3,(H2,28,29). The largest absolute Gasteiger partial charge is 0.497 e. The van der Waals surface area contributed by atoms with Crippen LogP contribution >= 0.6 is 15.9 Å². The first-order valence-corrected chi connectivity index (χ1v) is 11.2. The minimum Gasteiger partial charge on any atom is -0.497 e. The molecule has 0 aliphatic carbocycles. The number of nitrogen functional groups attached to an aromatic ring is 1. The second-order valence-electron chi connectivity index (χ2n) is 7.66. The summed E-state index contributed by atoms with van der Waals surface area (Å²) in [5, 5.41) is 0. The van der Waals surface area contributed by atoms with Gasteiger partial charge in [-0.1, -0.05) is 52.3 Å². The summed E-state index contributed by atoms with van der Waals surface area (Å²) in [5.74, 6) is 2.22. The first-order chi connectivity index (χ1) is 15.6. The van der Waals surface area contributed by atoms with Crippen molar-refractivity contribution in [2.75, 3.05) is 20.0 Å². The van der Waals surface area contributed by atoms with Crippen molar-refractivity contribution in [2.45, 2.75) is 18.9 Å². The summed E-state index contributed by atoms with van der Waals surface area (Å²) in [4.78, 5) is 4.75. The van der Waals surface area contributed by atoms with E-state index in [4.69, 9.17) is 20.2 Å². The minimum atomic E-state index is 0.0657. The Kier molecular flexibility index (Phi) is 6.81. The Morgan fingerprint density at radius 2 is 1.62 bits per heavy atom. The van der Waals surface area contributed by atoms with Crippen molar-refractivity contribution >= 4 is 21.9 Å². The molecule has 1 atom stereocenters. The molecule has 0 saturated carbocycles. The number of anilines is 1. The summed E-state index contributed by atoms with van der Waals surface area (Å²) in [6.07, 6.45) is 2.87. The number of hydrogen-bond donors (Lipinski definition) is 1. The summed E-state index contributed by atoms with van der Waals surface area (Å²) < 4.78 is 13.7. The predicted octanol–water partition coefficient (Wildman–Crippen LogP) is 5.67. The summed E-state index contributed by atoms with van der Waals surface area (Å²) in [6, 6.07) is 24.6. The van der Waals surface area contributed by atoms with E-state index in [0.717, 1.165) is 33.6 Å². The van der Waals surface area contributed by atoms with Crippen molar-refractivity contribution in [3.05, 3.63) is 106 Å². The molecule has 0 fully saturated rings. The highest BCUT2D eigenvalue weighted by Crippen LogP contribution is 2.31. The third kappa shape index (κ3) is 5.14. The number of imidazole rings is 1. The number of methoxy groups -OCH3 is 2. The van der Waals surface area contributed by atoms with E-state index in [-0.39, 0.29) is 5.92 Å². The SMILES string of the molecule is COc1ccc(C(Cc2ccc(Br)cc2)c2cn(Cc3cccc(OC)c3)c(N)n2)cc1. The van der Waals surface area contributed by atoms with Gasteiger partial charge in [0, 0.05) is 16.6 Å². The summed E-state index contributed by atoms with van der Waals surface area (Å²) >= 11 is 3.52. The minimum absolute atomic E-state index is 0.0657. The number of hydrogen-bond acceptors (Lipinski definition) is 4. The average molecular weight is 492 g/mol. The van der Waals surface area contributed by atoms with Gasteiger partial charge in [-0.3, -0.25) is 0 Å². The van der Waals surface area contributed by atoms with Crippen LogP contribution in [0.2, 0.25) is 0 Å². The second-order valence-corrected chi connectivity index (χ2v) is 8.58. The van der Waals surface area contributed by atoms with Gasteiger partial charge in [0.15, 0.2) is 0 Å². The molecule has 32 heavy (non-hydrogen) atoms. The van der Waals surface area contributed by atoms with Gasteiger partial charge in [-0.2, -0.15) is 0 Å². The van der Waals surface area contributed by atoms with Crippen LogP contribution in [0.1, 0.15) is 28.3 Å². The molecule has 3 aromatic carbocycles. The molecule has 0 radical (unpaired) electrons. The Bertz CT molecular complexity index is 1170. The zero-order valence-corrected chi connectivity index (χ0v) is 19.7. The van der Waals surface area contributed by atoms with Crippen LogP contribution in [0.25, 0.3) is 0 Å². The molecule has 0 bridgehead atoms. The molecule has 0 aliphatic rings. The van der Waals surface area contributed by atoms with E-state index < -0.39 is 0 Å². The fourth-order valence-corrected chi connectivity index (χ4v) is 4.06. The summed E-state index contributed by atoms with van der Waals surface area (Å²) in [6.45, 7) is 0.629. The maximum atomic E-state index is 6.33. The average Bonchev–Trinajstić information content (AvgIpc) is 3.18. The van der Waals surface area contributed by atoms with Gasteiger partial charge in [-0.15, -0.1) is 0 Å². The number of halogens is 1. The first-order valence-electron chi connectivity index (χ1n) is 10.4. The normalized spacial score (nSPS) is 11.8. The summed E-state index contributed by atoms with van der Waals surface area (Å²) in [7, 11) is 3.35. The number of nitrogens with two attached hydrogens (primary N) is 1. The third-order valence-corrected chi connectivity index (χ3v) is 6.07. The lowest BCUT2D eigenvalue weighted by Crippen LogP contribution is -2.06.